The fourth-order valence-corrected chi connectivity index (χ4v) is 7.08. The number of ether oxygens (including phenoxy) is 1. The van der Waals surface area contributed by atoms with Crippen LogP contribution in [0.4, 0.5) is 0 Å². The number of benzene rings is 1. The Hall–Kier alpha value is -1.39. The minimum Gasteiger partial charge on any atom is -0.508 e. The number of methoxy groups -OCH3 is 1. The van der Waals surface area contributed by atoms with Gasteiger partial charge >= 0.3 is 0 Å². The van der Waals surface area contributed by atoms with Gasteiger partial charge < -0.3 is 9.84 Å². The number of fused-ring (bicyclic) bond motifs is 1. The number of likely N-dealkylation sites (tertiary alicyclic amines) is 1. The lowest BCUT2D eigenvalue weighted by molar-refractivity contribution is -0.211. The third-order valence-corrected chi connectivity index (χ3v) is 8.35. The molecule has 1 heterocycles. The Morgan fingerprint density at radius 2 is 2.11 bits per heavy atom. The van der Waals surface area contributed by atoms with Crippen molar-refractivity contribution < 1.29 is 14.6 Å². The van der Waals surface area contributed by atoms with E-state index in [-0.39, 0.29) is 16.9 Å². The summed E-state index contributed by atoms with van der Waals surface area (Å²) in [4.78, 5) is 15.4. The Morgan fingerprint density at radius 3 is 2.81 bits per heavy atom. The SMILES string of the molecule is CO[C@@]12[C@H](C)CC(=O)C[C@@]13CCN(CC1CCC1)[C@@H]2Cc1ccc(O)cc13. The maximum atomic E-state index is 12.8. The lowest BCUT2D eigenvalue weighted by Gasteiger charge is -2.67. The Morgan fingerprint density at radius 1 is 1.30 bits per heavy atom. The van der Waals surface area contributed by atoms with E-state index in [4.69, 9.17) is 4.74 Å². The zero-order valence-electron chi connectivity index (χ0n) is 16.5. The molecule has 0 spiro atoms. The molecule has 2 bridgehead atoms. The first kappa shape index (κ1) is 17.7. The van der Waals surface area contributed by atoms with Crippen molar-refractivity contribution in [3.63, 3.8) is 0 Å². The number of rotatable bonds is 3. The summed E-state index contributed by atoms with van der Waals surface area (Å²) >= 11 is 0. The maximum Gasteiger partial charge on any atom is 0.134 e. The maximum absolute atomic E-state index is 12.8. The van der Waals surface area contributed by atoms with Crippen LogP contribution >= 0.6 is 0 Å². The Balaban J connectivity index is 1.67. The van der Waals surface area contributed by atoms with Gasteiger partial charge in [0.05, 0.1) is 5.60 Å². The predicted octanol–water partition coefficient (Wildman–Crippen LogP) is 3.44. The van der Waals surface area contributed by atoms with E-state index in [9.17, 15) is 9.90 Å². The Kier molecular flexibility index (Phi) is 3.97. The molecular weight excluding hydrogens is 338 g/mol. The number of hydrogen-bond donors (Lipinski definition) is 1. The van der Waals surface area contributed by atoms with E-state index in [1.54, 1.807) is 6.07 Å². The number of phenolic OH excluding ortho intramolecular Hbond substituents is 1. The summed E-state index contributed by atoms with van der Waals surface area (Å²) in [6, 6.07) is 6.12. The van der Waals surface area contributed by atoms with Crippen molar-refractivity contribution in [2.45, 2.75) is 68.9 Å². The van der Waals surface area contributed by atoms with Crippen molar-refractivity contribution in [2.24, 2.45) is 11.8 Å². The quantitative estimate of drug-likeness (QED) is 0.887. The predicted molar refractivity (Wildman–Crippen MR) is 104 cm³/mol. The average Bonchev–Trinajstić information content (AvgIpc) is 2.59. The molecule has 1 aromatic rings. The number of carbonyl (C=O) groups is 1. The standard InChI is InChI=1S/C23H31NO3/c1-15-10-19(26)13-22-8-9-24(14-16-4-3-5-16)21(23(15,22)27-2)11-17-6-7-18(25)12-20(17)22/h6-7,12,15-16,21,25H,3-5,8-11,13-14H2,1-2H3/t15-,21-,22-,23-/m1/s1. The average molecular weight is 370 g/mol. The second-order valence-electron chi connectivity index (χ2n) is 9.50. The van der Waals surface area contributed by atoms with Crippen LogP contribution in [0.1, 0.15) is 56.6 Å². The fourth-order valence-electron chi connectivity index (χ4n) is 7.08. The van der Waals surface area contributed by atoms with Crippen molar-refractivity contribution in [1.82, 2.24) is 4.90 Å². The highest BCUT2D eigenvalue weighted by molar-refractivity contribution is 5.83. The number of hydrogen-bond acceptors (Lipinski definition) is 4. The van der Waals surface area contributed by atoms with Crippen LogP contribution < -0.4 is 0 Å². The van der Waals surface area contributed by atoms with Gasteiger partial charge in [0.15, 0.2) is 0 Å². The minimum absolute atomic E-state index is 0.188. The molecule has 5 rings (SSSR count). The van der Waals surface area contributed by atoms with Gasteiger partial charge in [-0.05, 0) is 67.3 Å². The largest absolute Gasteiger partial charge is 0.508 e. The summed E-state index contributed by atoms with van der Waals surface area (Å²) in [6.45, 7) is 4.41. The van der Waals surface area contributed by atoms with Gasteiger partial charge in [-0.15, -0.1) is 0 Å². The van der Waals surface area contributed by atoms with E-state index in [0.717, 1.165) is 25.3 Å². The third kappa shape index (κ3) is 2.26. The zero-order valence-corrected chi connectivity index (χ0v) is 16.5. The molecule has 1 aromatic carbocycles. The second-order valence-corrected chi connectivity index (χ2v) is 9.50. The highest BCUT2D eigenvalue weighted by Crippen LogP contribution is 2.61. The van der Waals surface area contributed by atoms with Crippen LogP contribution in [0.15, 0.2) is 18.2 Å². The molecule has 4 atom stereocenters. The number of carbonyl (C=O) groups excluding carboxylic acids is 1. The van der Waals surface area contributed by atoms with Gasteiger partial charge in [0.1, 0.15) is 11.5 Å². The second kappa shape index (κ2) is 6.05. The first-order valence-corrected chi connectivity index (χ1v) is 10.6. The molecule has 1 aliphatic heterocycles. The molecular formula is C23H31NO3. The summed E-state index contributed by atoms with van der Waals surface area (Å²) in [5, 5.41) is 10.2. The summed E-state index contributed by atoms with van der Waals surface area (Å²) in [5.41, 5.74) is 1.82. The van der Waals surface area contributed by atoms with E-state index in [1.165, 1.54) is 36.9 Å². The van der Waals surface area contributed by atoms with E-state index in [2.05, 4.69) is 17.9 Å². The molecule has 4 heteroatoms. The van der Waals surface area contributed by atoms with E-state index in [0.29, 0.717) is 30.4 Å². The number of ketones is 1. The van der Waals surface area contributed by atoms with E-state index < -0.39 is 0 Å². The topological polar surface area (TPSA) is 49.8 Å². The molecule has 3 fully saturated rings. The fraction of sp³-hybridized carbons (Fsp3) is 0.696. The van der Waals surface area contributed by atoms with Gasteiger partial charge in [0.2, 0.25) is 0 Å². The number of phenols is 1. The van der Waals surface area contributed by atoms with Crippen molar-refractivity contribution in [2.75, 3.05) is 20.2 Å². The van der Waals surface area contributed by atoms with Crippen molar-refractivity contribution >= 4 is 5.78 Å². The van der Waals surface area contributed by atoms with Crippen LogP contribution in [0.25, 0.3) is 0 Å². The van der Waals surface area contributed by atoms with Crippen LogP contribution in [0.3, 0.4) is 0 Å². The number of Topliss-reactive ketones (excluding diaryl/α,β-unsaturated/α-hetero) is 1. The molecule has 4 nitrogen and oxygen atoms in total. The summed E-state index contributed by atoms with van der Waals surface area (Å²) in [6.07, 6.45) is 7.13. The number of nitrogens with zero attached hydrogens (tertiary/aromatic N) is 1. The molecule has 2 saturated carbocycles. The Bertz CT molecular complexity index is 773. The highest BCUT2D eigenvalue weighted by atomic mass is 16.5. The van der Waals surface area contributed by atoms with Gasteiger partial charge in [0, 0.05) is 38.0 Å². The smallest absolute Gasteiger partial charge is 0.134 e. The summed E-state index contributed by atoms with van der Waals surface area (Å²) < 4.78 is 6.49. The lowest BCUT2D eigenvalue weighted by Crippen LogP contribution is -2.76. The van der Waals surface area contributed by atoms with Gasteiger partial charge in [0.25, 0.3) is 0 Å². The Labute approximate surface area is 161 Å². The molecule has 27 heavy (non-hydrogen) atoms. The van der Waals surface area contributed by atoms with E-state index >= 15 is 0 Å². The normalized spacial score (nSPS) is 38.8. The third-order valence-electron chi connectivity index (χ3n) is 8.35. The van der Waals surface area contributed by atoms with Crippen molar-refractivity contribution in [3.8, 4) is 5.75 Å². The van der Waals surface area contributed by atoms with Crippen molar-refractivity contribution in [3.05, 3.63) is 29.3 Å². The van der Waals surface area contributed by atoms with Crippen LogP contribution in [0, 0.1) is 11.8 Å². The first-order valence-electron chi connectivity index (χ1n) is 10.6. The monoisotopic (exact) mass is 369 g/mol. The molecule has 1 saturated heterocycles. The molecule has 0 amide bonds. The number of aromatic hydroxyl groups is 1. The van der Waals surface area contributed by atoms with Crippen LogP contribution in [0.5, 0.6) is 5.75 Å². The zero-order chi connectivity index (χ0) is 18.8. The molecule has 0 radical (unpaired) electrons. The van der Waals surface area contributed by atoms with Crippen LogP contribution in [-0.4, -0.2) is 47.6 Å². The van der Waals surface area contributed by atoms with Gasteiger partial charge in [-0.3, -0.25) is 9.69 Å². The van der Waals surface area contributed by atoms with E-state index in [1.807, 2.05) is 13.2 Å². The first-order chi connectivity index (χ1) is 13.0. The minimum atomic E-state index is -0.344. The summed E-state index contributed by atoms with van der Waals surface area (Å²) in [5.74, 6) is 1.66. The van der Waals surface area contributed by atoms with Crippen LogP contribution in [0.2, 0.25) is 0 Å². The highest BCUT2D eigenvalue weighted by Gasteiger charge is 2.68. The molecule has 4 aliphatic rings. The van der Waals surface area contributed by atoms with Gasteiger partial charge in [-0.25, -0.2) is 0 Å². The molecule has 0 unspecified atom stereocenters. The molecule has 146 valence electrons. The molecule has 1 N–H and O–H groups in total. The summed E-state index contributed by atoms with van der Waals surface area (Å²) in [7, 11) is 1.86. The number of piperidine rings is 1. The van der Waals surface area contributed by atoms with Crippen LogP contribution in [-0.2, 0) is 21.4 Å². The van der Waals surface area contributed by atoms with Crippen molar-refractivity contribution in [1.29, 1.82) is 0 Å². The van der Waals surface area contributed by atoms with Gasteiger partial charge in [-0.2, -0.15) is 0 Å². The molecule has 3 aliphatic carbocycles. The molecule has 0 aromatic heterocycles. The van der Waals surface area contributed by atoms with Gasteiger partial charge in [-0.1, -0.05) is 19.4 Å². The lowest BCUT2D eigenvalue weighted by atomic mass is 9.46.